The number of hydrogen-bond donors (Lipinski definition) is 2. The number of ether oxygens (including phenoxy) is 1. The molecule has 2 aromatic heterocycles. The first-order valence-electron chi connectivity index (χ1n) is 11.6. The summed E-state index contributed by atoms with van der Waals surface area (Å²) in [7, 11) is 0. The van der Waals surface area contributed by atoms with Crippen molar-refractivity contribution < 1.29 is 18.3 Å². The van der Waals surface area contributed by atoms with E-state index in [1.807, 2.05) is 27.8 Å². The topological polar surface area (TPSA) is 130 Å². The molecule has 186 valence electrons. The molecule has 5 rings (SSSR count). The third kappa shape index (κ3) is 5.52. The Morgan fingerprint density at radius 2 is 1.80 bits per heavy atom. The number of carbonyl (C=O) groups is 1. The second kappa shape index (κ2) is 10.4. The van der Waals surface area contributed by atoms with Gasteiger partial charge in [-0.25, -0.2) is 14.2 Å². The highest BCUT2D eigenvalue weighted by Gasteiger charge is 2.22. The largest absolute Gasteiger partial charge is 0.378 e. The number of piperazine rings is 1. The van der Waals surface area contributed by atoms with Crippen LogP contribution in [0.2, 0.25) is 0 Å². The molecule has 0 bridgehead atoms. The monoisotopic (exact) mass is 499 g/mol. The zero-order valence-electron chi connectivity index (χ0n) is 19.4. The molecule has 0 saturated carbocycles. The van der Waals surface area contributed by atoms with Gasteiger partial charge in [0.05, 0.1) is 24.6 Å². The Morgan fingerprint density at radius 1 is 1.06 bits per heavy atom. The molecule has 1 unspecified atom stereocenters. The number of benzene rings is 1. The number of hydrogen-bond acceptors (Lipinski definition) is 8. The molecule has 0 aliphatic carbocycles. The number of rotatable bonds is 7. The van der Waals surface area contributed by atoms with Gasteiger partial charge < -0.3 is 24.3 Å². The Hall–Kier alpha value is -2.90. The van der Waals surface area contributed by atoms with Gasteiger partial charge in [0, 0.05) is 69.3 Å². The normalized spacial score (nSPS) is 18.7. The van der Waals surface area contributed by atoms with Crippen molar-refractivity contribution in [3.8, 4) is 11.3 Å². The van der Waals surface area contributed by atoms with Crippen molar-refractivity contribution in [2.45, 2.75) is 6.54 Å². The lowest BCUT2D eigenvalue weighted by molar-refractivity contribution is 0.1000. The van der Waals surface area contributed by atoms with Gasteiger partial charge in [0.15, 0.2) is 22.5 Å². The number of carbonyl (C=O) groups excluding carboxylic acids is 1. The van der Waals surface area contributed by atoms with Crippen molar-refractivity contribution in [2.75, 3.05) is 63.3 Å². The molecule has 1 aromatic carbocycles. The van der Waals surface area contributed by atoms with Crippen LogP contribution in [-0.4, -0.2) is 97.2 Å². The fraction of sp³-hybridized carbons (Fsp3) is 0.435. The van der Waals surface area contributed by atoms with Crippen molar-refractivity contribution >= 4 is 28.5 Å². The van der Waals surface area contributed by atoms with Crippen LogP contribution in [0.15, 0.2) is 36.7 Å². The van der Waals surface area contributed by atoms with E-state index in [1.54, 1.807) is 18.2 Å². The highest BCUT2D eigenvalue weighted by atomic mass is 32.2. The van der Waals surface area contributed by atoms with E-state index < -0.39 is 17.0 Å². The van der Waals surface area contributed by atoms with Crippen LogP contribution in [-0.2, 0) is 22.4 Å². The molecular weight excluding hydrogens is 470 g/mol. The van der Waals surface area contributed by atoms with Crippen molar-refractivity contribution in [1.29, 1.82) is 0 Å². The SMILES string of the molecule is NC(=O)c1cccc(-c2cn3cc(CN4CCN(CS(=O)O)CC4)nc3c(N3CCOCC3)n2)c1. The van der Waals surface area contributed by atoms with Crippen LogP contribution >= 0.6 is 0 Å². The number of anilines is 1. The summed E-state index contributed by atoms with van der Waals surface area (Å²) in [5.74, 6) is 0.504. The minimum Gasteiger partial charge on any atom is -0.378 e. The van der Waals surface area contributed by atoms with Gasteiger partial charge in [-0.15, -0.1) is 0 Å². The highest BCUT2D eigenvalue weighted by molar-refractivity contribution is 7.79. The summed E-state index contributed by atoms with van der Waals surface area (Å²) >= 11 is -1.81. The van der Waals surface area contributed by atoms with Crippen LogP contribution in [0.4, 0.5) is 5.82 Å². The lowest BCUT2D eigenvalue weighted by atomic mass is 10.1. The molecule has 2 fully saturated rings. The quantitative estimate of drug-likeness (QED) is 0.450. The molecule has 1 amide bonds. The summed E-state index contributed by atoms with van der Waals surface area (Å²) in [6.45, 7) is 6.52. The Labute approximate surface area is 205 Å². The summed E-state index contributed by atoms with van der Waals surface area (Å²) < 4.78 is 27.8. The average molecular weight is 500 g/mol. The average Bonchev–Trinajstić information content (AvgIpc) is 3.27. The second-order valence-electron chi connectivity index (χ2n) is 8.80. The van der Waals surface area contributed by atoms with Crippen LogP contribution in [0, 0.1) is 0 Å². The number of aromatic nitrogens is 3. The van der Waals surface area contributed by atoms with Crippen LogP contribution in [0.1, 0.15) is 16.1 Å². The first-order valence-corrected chi connectivity index (χ1v) is 12.9. The molecule has 3 N–H and O–H groups in total. The summed E-state index contributed by atoms with van der Waals surface area (Å²) in [5.41, 5.74) is 9.19. The molecule has 2 aliphatic rings. The van der Waals surface area contributed by atoms with Crippen molar-refractivity contribution in [3.63, 3.8) is 0 Å². The fourth-order valence-electron chi connectivity index (χ4n) is 4.53. The molecule has 35 heavy (non-hydrogen) atoms. The third-order valence-corrected chi connectivity index (χ3v) is 6.95. The molecular formula is C23H29N7O4S. The van der Waals surface area contributed by atoms with Gasteiger partial charge in [-0.3, -0.25) is 14.6 Å². The summed E-state index contributed by atoms with van der Waals surface area (Å²) in [6.07, 6.45) is 3.96. The van der Waals surface area contributed by atoms with E-state index in [-0.39, 0.29) is 5.88 Å². The lowest BCUT2D eigenvalue weighted by Gasteiger charge is -2.33. The standard InChI is InChI=1S/C23H29N7O4S/c24-21(31)18-3-1-2-17(12-18)20-15-30-14-19(13-27-4-6-28(7-5-27)16-35(32)33)25-22(30)23(26-20)29-8-10-34-11-9-29/h1-3,12,14-15H,4-11,13,16H2,(H2,24,31)(H,32,33). The Morgan fingerprint density at radius 3 is 2.51 bits per heavy atom. The Kier molecular flexibility index (Phi) is 7.07. The van der Waals surface area contributed by atoms with Crippen LogP contribution in [0.25, 0.3) is 16.9 Å². The number of imidazole rings is 1. The van der Waals surface area contributed by atoms with Gasteiger partial charge in [-0.05, 0) is 12.1 Å². The fourth-order valence-corrected chi connectivity index (χ4v) is 5.10. The van der Waals surface area contributed by atoms with Gasteiger partial charge in [-0.1, -0.05) is 12.1 Å². The van der Waals surface area contributed by atoms with Crippen LogP contribution in [0.3, 0.4) is 0 Å². The predicted octanol–water partition coefficient (Wildman–Crippen LogP) is 0.629. The third-order valence-electron chi connectivity index (χ3n) is 6.37. The first kappa shape index (κ1) is 23.8. The number of morpholine rings is 1. The van der Waals surface area contributed by atoms with Crippen molar-refractivity contribution in [2.24, 2.45) is 5.73 Å². The molecule has 4 heterocycles. The molecule has 0 radical (unpaired) electrons. The molecule has 3 aromatic rings. The Balaban J connectivity index is 1.44. The van der Waals surface area contributed by atoms with Gasteiger partial charge in [0.25, 0.3) is 0 Å². The molecule has 1 atom stereocenters. The van der Waals surface area contributed by atoms with E-state index >= 15 is 0 Å². The zero-order chi connectivity index (χ0) is 24.4. The number of nitrogens with two attached hydrogens (primary N) is 1. The van der Waals surface area contributed by atoms with E-state index in [0.717, 1.165) is 67.7 Å². The number of fused-ring (bicyclic) bond motifs is 1. The van der Waals surface area contributed by atoms with Crippen LogP contribution in [0.5, 0.6) is 0 Å². The summed E-state index contributed by atoms with van der Waals surface area (Å²) in [6, 6.07) is 7.18. The highest BCUT2D eigenvalue weighted by Crippen LogP contribution is 2.27. The van der Waals surface area contributed by atoms with Crippen LogP contribution < -0.4 is 10.6 Å². The predicted molar refractivity (Wildman–Crippen MR) is 132 cm³/mol. The van der Waals surface area contributed by atoms with Crippen molar-refractivity contribution in [3.05, 3.63) is 47.9 Å². The maximum Gasteiger partial charge on any atom is 0.248 e. The molecule has 11 nitrogen and oxygen atoms in total. The Bertz CT molecular complexity index is 1240. The lowest BCUT2D eigenvalue weighted by Crippen LogP contribution is -2.46. The smallest absolute Gasteiger partial charge is 0.248 e. The van der Waals surface area contributed by atoms with Gasteiger partial charge in [-0.2, -0.15) is 0 Å². The molecule has 0 spiro atoms. The van der Waals surface area contributed by atoms with E-state index in [9.17, 15) is 9.00 Å². The number of primary amides is 1. The van der Waals surface area contributed by atoms with Gasteiger partial charge >= 0.3 is 0 Å². The van der Waals surface area contributed by atoms with E-state index in [2.05, 4.69) is 9.80 Å². The minimum atomic E-state index is -1.81. The maximum atomic E-state index is 11.7. The summed E-state index contributed by atoms with van der Waals surface area (Å²) in [4.78, 5) is 28.1. The van der Waals surface area contributed by atoms with E-state index in [4.69, 9.17) is 25.0 Å². The number of amides is 1. The maximum absolute atomic E-state index is 11.7. The first-order chi connectivity index (χ1) is 17.0. The molecule has 2 saturated heterocycles. The zero-order valence-corrected chi connectivity index (χ0v) is 20.2. The van der Waals surface area contributed by atoms with E-state index in [1.165, 1.54) is 0 Å². The van der Waals surface area contributed by atoms with Crippen molar-refractivity contribution in [1.82, 2.24) is 24.2 Å². The second-order valence-corrected chi connectivity index (χ2v) is 9.70. The number of nitrogens with zero attached hydrogens (tertiary/aromatic N) is 6. The summed E-state index contributed by atoms with van der Waals surface area (Å²) in [5, 5.41) is 0. The minimum absolute atomic E-state index is 0.191. The van der Waals surface area contributed by atoms with Gasteiger partial charge in [0.1, 0.15) is 5.88 Å². The molecule has 2 aliphatic heterocycles. The van der Waals surface area contributed by atoms with E-state index in [0.29, 0.717) is 25.3 Å². The molecule has 12 heteroatoms. The van der Waals surface area contributed by atoms with Gasteiger partial charge in [0.2, 0.25) is 5.91 Å².